The minimum absolute atomic E-state index is 0.0171. The molecule has 2 rings (SSSR count). The summed E-state index contributed by atoms with van der Waals surface area (Å²) in [5.74, 6) is 0. The highest BCUT2D eigenvalue weighted by Gasteiger charge is 2.36. The molecule has 1 unspecified atom stereocenters. The molecule has 0 radical (unpaired) electrons. The van der Waals surface area contributed by atoms with E-state index in [2.05, 4.69) is 27.7 Å². The first-order valence-corrected chi connectivity index (χ1v) is 9.08. The molecule has 138 valence electrons. The Morgan fingerprint density at radius 3 is 2.29 bits per heavy atom. The van der Waals surface area contributed by atoms with E-state index in [1.54, 1.807) is 0 Å². The van der Waals surface area contributed by atoms with Crippen LogP contribution < -0.4 is 0 Å². The van der Waals surface area contributed by atoms with Crippen LogP contribution in [0.4, 0.5) is 0 Å². The zero-order chi connectivity index (χ0) is 17.5. The normalized spacial score (nSPS) is 22.5. The Morgan fingerprint density at radius 2 is 1.67 bits per heavy atom. The lowest BCUT2D eigenvalue weighted by Crippen LogP contribution is -2.41. The summed E-state index contributed by atoms with van der Waals surface area (Å²) in [6, 6.07) is 0. The number of ether oxygens (including phenoxy) is 1. The van der Waals surface area contributed by atoms with Crippen molar-refractivity contribution in [3.05, 3.63) is 0 Å². The van der Waals surface area contributed by atoms with Crippen LogP contribution in [0, 0.1) is 10.8 Å². The zero-order valence-electron chi connectivity index (χ0n) is 15.7. The van der Waals surface area contributed by atoms with Crippen LogP contribution in [-0.2, 0) is 28.0 Å². The molecule has 2 aliphatic heterocycles. The van der Waals surface area contributed by atoms with Crippen molar-refractivity contribution in [2.24, 2.45) is 10.8 Å². The van der Waals surface area contributed by atoms with Crippen LogP contribution in [0.3, 0.4) is 0 Å². The Labute approximate surface area is 147 Å². The molecule has 0 aromatic heterocycles. The first kappa shape index (κ1) is 20.2. The van der Waals surface area contributed by atoms with Crippen molar-refractivity contribution in [2.75, 3.05) is 46.1 Å². The summed E-state index contributed by atoms with van der Waals surface area (Å²) >= 11 is 0. The summed E-state index contributed by atoms with van der Waals surface area (Å²) in [5.41, 5.74) is 0.0597. The van der Waals surface area contributed by atoms with Gasteiger partial charge >= 0.3 is 14.4 Å². The van der Waals surface area contributed by atoms with Crippen LogP contribution in [0.2, 0.25) is 0 Å². The fourth-order valence-electron chi connectivity index (χ4n) is 3.20. The lowest BCUT2D eigenvalue weighted by molar-refractivity contribution is 0.000263. The molecule has 8 heteroatoms. The number of hydrogen-bond donors (Lipinski definition) is 0. The van der Waals surface area contributed by atoms with E-state index in [4.69, 9.17) is 28.0 Å². The number of rotatable bonds is 9. The van der Waals surface area contributed by atoms with Gasteiger partial charge in [-0.2, -0.15) is 0 Å². The van der Waals surface area contributed by atoms with E-state index in [0.29, 0.717) is 46.1 Å². The van der Waals surface area contributed by atoms with Gasteiger partial charge in [0, 0.05) is 26.4 Å². The fourth-order valence-corrected chi connectivity index (χ4v) is 3.20. The van der Waals surface area contributed by atoms with Crippen LogP contribution in [0.1, 0.15) is 47.0 Å². The van der Waals surface area contributed by atoms with Crippen LogP contribution in [-0.4, -0.2) is 60.6 Å². The van der Waals surface area contributed by atoms with Crippen LogP contribution in [0.25, 0.3) is 0 Å². The number of hydrogen-bond acceptors (Lipinski definition) is 6. The Morgan fingerprint density at radius 1 is 0.917 bits per heavy atom. The summed E-state index contributed by atoms with van der Waals surface area (Å²) in [6.45, 7) is 13.3. The smallest absolute Gasteiger partial charge is 0.409 e. The molecule has 0 spiro atoms. The maximum absolute atomic E-state index is 5.90. The van der Waals surface area contributed by atoms with Gasteiger partial charge in [0.1, 0.15) is 0 Å². The van der Waals surface area contributed by atoms with E-state index in [1.165, 1.54) is 0 Å². The average Bonchev–Trinajstić information content (AvgIpc) is 2.60. The summed E-state index contributed by atoms with van der Waals surface area (Å²) in [6.07, 6.45) is 2.94. The van der Waals surface area contributed by atoms with Gasteiger partial charge in [-0.3, -0.25) is 0 Å². The van der Waals surface area contributed by atoms with E-state index in [-0.39, 0.29) is 17.9 Å². The standard InChI is InChI=1S/C16H32B2O6/c1-5-16(4,13-24-18-21-7-6-8-22-18)11-15(2,3)12-23-17-14-19-9-10-20-17/h5-14H2,1-4H3. The van der Waals surface area contributed by atoms with Crippen molar-refractivity contribution in [3.63, 3.8) is 0 Å². The van der Waals surface area contributed by atoms with Crippen LogP contribution >= 0.6 is 0 Å². The average molecular weight is 342 g/mol. The molecule has 2 heterocycles. The third-order valence-corrected chi connectivity index (χ3v) is 4.57. The topological polar surface area (TPSA) is 55.4 Å². The summed E-state index contributed by atoms with van der Waals surface area (Å²) in [4.78, 5) is 0. The predicted molar refractivity (Wildman–Crippen MR) is 93.5 cm³/mol. The maximum atomic E-state index is 5.90. The molecule has 0 aliphatic carbocycles. The van der Waals surface area contributed by atoms with Crippen molar-refractivity contribution in [1.82, 2.24) is 0 Å². The second kappa shape index (κ2) is 9.55. The van der Waals surface area contributed by atoms with E-state index < -0.39 is 7.32 Å². The van der Waals surface area contributed by atoms with Gasteiger partial charge in [-0.05, 0) is 30.1 Å². The highest BCUT2D eigenvalue weighted by atomic mass is 16.7. The minimum Gasteiger partial charge on any atom is -0.409 e. The second-order valence-electron chi connectivity index (χ2n) is 7.89. The van der Waals surface area contributed by atoms with Gasteiger partial charge in [-0.25, -0.2) is 0 Å². The predicted octanol–water partition coefficient (Wildman–Crippen LogP) is 2.35. The molecule has 2 aliphatic rings. The van der Waals surface area contributed by atoms with Crippen molar-refractivity contribution in [2.45, 2.75) is 47.0 Å². The van der Waals surface area contributed by atoms with Crippen molar-refractivity contribution < 1.29 is 28.0 Å². The van der Waals surface area contributed by atoms with Gasteiger partial charge in [-0.1, -0.05) is 27.7 Å². The molecule has 24 heavy (non-hydrogen) atoms. The molecule has 2 fully saturated rings. The first-order valence-electron chi connectivity index (χ1n) is 9.08. The Kier molecular flexibility index (Phi) is 8.04. The fraction of sp³-hybridized carbons (Fsp3) is 1.00. The van der Waals surface area contributed by atoms with E-state index in [0.717, 1.165) is 19.3 Å². The lowest BCUT2D eigenvalue weighted by Gasteiger charge is -2.38. The largest absolute Gasteiger partial charge is 0.639 e. The Balaban J connectivity index is 1.76. The summed E-state index contributed by atoms with van der Waals surface area (Å²) in [5, 5.41) is 0. The third-order valence-electron chi connectivity index (χ3n) is 4.57. The first-order chi connectivity index (χ1) is 11.4. The third kappa shape index (κ3) is 7.02. The van der Waals surface area contributed by atoms with Gasteiger partial charge in [-0.15, -0.1) is 0 Å². The highest BCUT2D eigenvalue weighted by molar-refractivity contribution is 6.44. The second-order valence-corrected chi connectivity index (χ2v) is 7.89. The molecule has 0 N–H and O–H groups in total. The maximum Gasteiger partial charge on any atom is 0.639 e. The van der Waals surface area contributed by atoms with Gasteiger partial charge in [0.15, 0.2) is 0 Å². The molecular weight excluding hydrogens is 310 g/mol. The lowest BCUT2D eigenvalue weighted by atomic mass is 9.72. The van der Waals surface area contributed by atoms with Gasteiger partial charge in [0.25, 0.3) is 0 Å². The minimum atomic E-state index is -0.517. The molecule has 0 aromatic carbocycles. The van der Waals surface area contributed by atoms with Crippen LogP contribution in [0.15, 0.2) is 0 Å². The van der Waals surface area contributed by atoms with Gasteiger partial charge in [0.2, 0.25) is 0 Å². The SMILES string of the molecule is CCC(C)(COB1OCCCO1)CC(C)(C)COB1COCCO1. The summed E-state index contributed by atoms with van der Waals surface area (Å²) in [7, 11) is -0.761. The van der Waals surface area contributed by atoms with Gasteiger partial charge in [0.05, 0.1) is 19.7 Å². The molecule has 0 amide bonds. The zero-order valence-corrected chi connectivity index (χ0v) is 15.7. The highest BCUT2D eigenvalue weighted by Crippen LogP contribution is 2.37. The molecular formula is C16H32B2O6. The molecule has 2 saturated heterocycles. The van der Waals surface area contributed by atoms with E-state index >= 15 is 0 Å². The molecule has 0 aromatic rings. The van der Waals surface area contributed by atoms with Gasteiger partial charge < -0.3 is 28.0 Å². The van der Waals surface area contributed by atoms with Crippen molar-refractivity contribution in [3.8, 4) is 0 Å². The van der Waals surface area contributed by atoms with Crippen molar-refractivity contribution >= 4 is 14.4 Å². The molecule has 6 nitrogen and oxygen atoms in total. The summed E-state index contributed by atoms with van der Waals surface area (Å²) < 4.78 is 33.6. The van der Waals surface area contributed by atoms with E-state index in [1.807, 2.05) is 0 Å². The quantitative estimate of drug-likeness (QED) is 0.600. The molecule has 0 bridgehead atoms. The van der Waals surface area contributed by atoms with E-state index in [9.17, 15) is 0 Å². The monoisotopic (exact) mass is 342 g/mol. The Bertz CT molecular complexity index is 358. The van der Waals surface area contributed by atoms with Crippen LogP contribution in [0.5, 0.6) is 0 Å². The molecule has 1 atom stereocenters. The molecule has 0 saturated carbocycles. The Hall–Kier alpha value is -0.110. The van der Waals surface area contributed by atoms with Crippen molar-refractivity contribution in [1.29, 1.82) is 0 Å².